The lowest BCUT2D eigenvalue weighted by atomic mass is 9.95. The average molecular weight is 544 g/mol. The molecule has 4 aromatic rings. The van der Waals surface area contributed by atoms with Crippen LogP contribution in [-0.2, 0) is 18.3 Å². The Kier molecular flexibility index (Phi) is 8.30. The minimum absolute atomic E-state index is 0.0615. The Morgan fingerprint density at radius 1 is 0.947 bits per heavy atom. The van der Waals surface area contributed by atoms with E-state index in [1.54, 1.807) is 13.0 Å². The molecule has 0 aliphatic rings. The van der Waals surface area contributed by atoms with Gasteiger partial charge in [0.1, 0.15) is 23.1 Å². The third-order valence-electron chi connectivity index (χ3n) is 5.66. The number of aromatic nitrogens is 1. The molecule has 0 saturated heterocycles. The Hall–Kier alpha value is -3.93. The van der Waals surface area contributed by atoms with E-state index in [4.69, 9.17) is 9.47 Å². The van der Waals surface area contributed by atoms with E-state index in [-0.39, 0.29) is 40.5 Å². The van der Waals surface area contributed by atoms with Crippen LogP contribution in [0.25, 0.3) is 11.1 Å². The largest absolute Gasteiger partial charge is 0.760 e. The number of hydrogen-bond donors (Lipinski definition) is 1. The summed E-state index contributed by atoms with van der Waals surface area (Å²) >= 11 is -2.77. The van der Waals surface area contributed by atoms with E-state index in [1.165, 1.54) is 60.3 Å². The third-order valence-corrected chi connectivity index (χ3v) is 6.09. The number of ether oxygens (including phenoxy) is 2. The molecule has 0 radical (unpaired) electrons. The van der Waals surface area contributed by atoms with E-state index in [0.29, 0.717) is 17.2 Å². The minimum Gasteiger partial charge on any atom is -0.760 e. The average Bonchev–Trinajstić information content (AvgIpc) is 2.87. The molecule has 0 aliphatic heterocycles. The van der Waals surface area contributed by atoms with Crippen LogP contribution in [0.4, 0.5) is 13.2 Å². The van der Waals surface area contributed by atoms with Crippen molar-refractivity contribution in [2.75, 3.05) is 6.61 Å². The second-order valence-corrected chi connectivity index (χ2v) is 8.88. The van der Waals surface area contributed by atoms with Gasteiger partial charge in [-0.25, -0.2) is 17.9 Å². The normalized spacial score (nSPS) is 12.7. The van der Waals surface area contributed by atoms with Crippen molar-refractivity contribution in [3.8, 4) is 28.4 Å². The highest BCUT2D eigenvalue weighted by Gasteiger charge is 2.22. The van der Waals surface area contributed by atoms with Gasteiger partial charge in [-0.05, 0) is 42.8 Å². The molecular weight excluding hydrogens is 521 g/mol. The Morgan fingerprint density at radius 3 is 2.37 bits per heavy atom. The van der Waals surface area contributed by atoms with Gasteiger partial charge in [0.25, 0.3) is 5.56 Å². The van der Waals surface area contributed by atoms with Gasteiger partial charge in [-0.2, -0.15) is 0 Å². The maximum absolute atomic E-state index is 14.7. The van der Waals surface area contributed by atoms with Gasteiger partial charge in [-0.3, -0.25) is 9.00 Å². The SMILES string of the molecule is CCOc1cc(=O)n(C)cc1-c1cc(C(NS(=O)[O-])c2ccccc2F)ccc1Oc1ccc(F)cc1F. The lowest BCUT2D eigenvalue weighted by molar-refractivity contribution is 0.340. The fraction of sp³-hybridized carbons (Fsp3) is 0.148. The summed E-state index contributed by atoms with van der Waals surface area (Å²) in [5, 5.41) is 0. The summed E-state index contributed by atoms with van der Waals surface area (Å²) in [5.41, 5.74) is 0.672. The topological polar surface area (TPSA) is 92.6 Å². The van der Waals surface area contributed by atoms with Crippen LogP contribution in [0.1, 0.15) is 24.1 Å². The van der Waals surface area contributed by atoms with E-state index >= 15 is 0 Å². The first kappa shape index (κ1) is 27.1. The Bertz CT molecular complexity index is 1560. The molecule has 198 valence electrons. The van der Waals surface area contributed by atoms with Crippen molar-refractivity contribution in [1.82, 2.24) is 9.29 Å². The van der Waals surface area contributed by atoms with Crippen LogP contribution in [0.5, 0.6) is 17.2 Å². The first-order valence-electron chi connectivity index (χ1n) is 11.4. The second kappa shape index (κ2) is 11.6. The van der Waals surface area contributed by atoms with Gasteiger partial charge in [0.2, 0.25) is 0 Å². The maximum atomic E-state index is 14.7. The van der Waals surface area contributed by atoms with Crippen LogP contribution < -0.4 is 19.8 Å². The van der Waals surface area contributed by atoms with E-state index < -0.39 is 34.8 Å². The molecule has 11 heteroatoms. The van der Waals surface area contributed by atoms with Crippen molar-refractivity contribution >= 4 is 11.3 Å². The van der Waals surface area contributed by atoms with E-state index in [1.807, 2.05) is 0 Å². The summed E-state index contributed by atoms with van der Waals surface area (Å²) in [7, 11) is 1.52. The number of halogens is 3. The van der Waals surface area contributed by atoms with Gasteiger partial charge in [0.05, 0.1) is 12.6 Å². The van der Waals surface area contributed by atoms with Crippen LogP contribution in [0.15, 0.2) is 77.7 Å². The number of hydrogen-bond acceptors (Lipinski definition) is 5. The number of benzene rings is 3. The summed E-state index contributed by atoms with van der Waals surface area (Å²) in [6, 6.07) is 13.1. The van der Waals surface area contributed by atoms with Crippen molar-refractivity contribution in [2.24, 2.45) is 7.05 Å². The third kappa shape index (κ3) is 5.96. The Balaban J connectivity index is 1.95. The second-order valence-electron chi connectivity index (χ2n) is 8.17. The maximum Gasteiger partial charge on any atom is 0.254 e. The molecule has 1 heterocycles. The number of nitrogens with one attached hydrogen (secondary N) is 1. The summed E-state index contributed by atoms with van der Waals surface area (Å²) in [6.45, 7) is 1.95. The van der Waals surface area contributed by atoms with Crippen molar-refractivity contribution in [1.29, 1.82) is 0 Å². The zero-order valence-electron chi connectivity index (χ0n) is 20.2. The van der Waals surface area contributed by atoms with Gasteiger partial charge in [-0.15, -0.1) is 0 Å². The van der Waals surface area contributed by atoms with Gasteiger partial charge < -0.3 is 18.6 Å². The predicted octanol–water partition coefficient (Wildman–Crippen LogP) is 5.13. The number of rotatable bonds is 9. The monoisotopic (exact) mass is 543 g/mol. The zero-order valence-corrected chi connectivity index (χ0v) is 21.1. The molecule has 1 N–H and O–H groups in total. The van der Waals surface area contributed by atoms with Gasteiger partial charge >= 0.3 is 0 Å². The molecule has 0 amide bonds. The highest BCUT2D eigenvalue weighted by atomic mass is 32.2. The van der Waals surface area contributed by atoms with E-state index in [9.17, 15) is 26.7 Å². The fourth-order valence-electron chi connectivity index (χ4n) is 3.91. The van der Waals surface area contributed by atoms with Crippen LogP contribution in [0.3, 0.4) is 0 Å². The molecule has 4 rings (SSSR count). The number of aryl methyl sites for hydroxylation is 1. The predicted molar refractivity (Wildman–Crippen MR) is 135 cm³/mol. The van der Waals surface area contributed by atoms with Crippen LogP contribution in [-0.4, -0.2) is 19.9 Å². The molecule has 2 atom stereocenters. The lowest BCUT2D eigenvalue weighted by Crippen LogP contribution is -2.25. The van der Waals surface area contributed by atoms with Gasteiger partial charge in [-0.1, -0.05) is 24.3 Å². The Labute approximate surface area is 218 Å². The molecule has 0 fully saturated rings. The summed E-state index contributed by atoms with van der Waals surface area (Å²) < 4.78 is 81.0. The standard InChI is InChI=1S/C27H23F3N2O5S/c1-3-36-25-14-26(33)32(2)15-20(25)19-12-16(27(31-38(34)35)18-6-4-5-7-21(18)29)8-10-23(19)37-24-11-9-17(28)13-22(24)30/h4-15,27,31H,3H2,1-2H3,(H,34,35)/p-1. The smallest absolute Gasteiger partial charge is 0.254 e. The fourth-order valence-corrected chi connectivity index (χ4v) is 4.36. The Morgan fingerprint density at radius 2 is 1.68 bits per heavy atom. The minimum atomic E-state index is -2.77. The lowest BCUT2D eigenvalue weighted by Gasteiger charge is -2.23. The highest BCUT2D eigenvalue weighted by molar-refractivity contribution is 7.77. The number of pyridine rings is 1. The number of nitrogens with zero attached hydrogens (tertiary/aromatic N) is 1. The first-order chi connectivity index (χ1) is 18.2. The summed E-state index contributed by atoms with van der Waals surface area (Å²) in [6.07, 6.45) is 1.48. The van der Waals surface area contributed by atoms with Crippen molar-refractivity contribution in [3.05, 3.63) is 112 Å². The molecule has 0 bridgehead atoms. The molecule has 7 nitrogen and oxygen atoms in total. The molecule has 38 heavy (non-hydrogen) atoms. The van der Waals surface area contributed by atoms with E-state index in [2.05, 4.69) is 4.72 Å². The highest BCUT2D eigenvalue weighted by Crippen LogP contribution is 2.41. The van der Waals surface area contributed by atoms with E-state index in [0.717, 1.165) is 12.1 Å². The molecule has 1 aromatic heterocycles. The molecule has 2 unspecified atom stereocenters. The summed E-state index contributed by atoms with van der Waals surface area (Å²) in [5.74, 6) is -2.35. The van der Waals surface area contributed by atoms with Crippen LogP contribution in [0, 0.1) is 17.5 Å². The quantitative estimate of drug-likeness (QED) is 0.296. The molecule has 3 aromatic carbocycles. The van der Waals surface area contributed by atoms with Crippen LogP contribution in [0.2, 0.25) is 0 Å². The molecule has 0 spiro atoms. The van der Waals surface area contributed by atoms with Crippen molar-refractivity contribution < 1.29 is 31.4 Å². The first-order valence-corrected chi connectivity index (χ1v) is 12.5. The van der Waals surface area contributed by atoms with Crippen molar-refractivity contribution in [3.63, 3.8) is 0 Å². The molecular formula is C27H22F3N2O5S-. The molecule has 0 saturated carbocycles. The van der Waals surface area contributed by atoms with Crippen molar-refractivity contribution in [2.45, 2.75) is 13.0 Å². The summed E-state index contributed by atoms with van der Waals surface area (Å²) in [4.78, 5) is 12.3. The molecule has 0 aliphatic carbocycles. The van der Waals surface area contributed by atoms with Crippen LogP contribution >= 0.6 is 0 Å². The zero-order chi connectivity index (χ0) is 27.4. The van der Waals surface area contributed by atoms with Gasteiger partial charge in [0.15, 0.2) is 11.6 Å². The van der Waals surface area contributed by atoms with Gasteiger partial charge in [0, 0.05) is 53.3 Å².